The third-order valence-corrected chi connectivity index (χ3v) is 4.98. The van der Waals surface area contributed by atoms with E-state index in [1.54, 1.807) is 42.5 Å². The van der Waals surface area contributed by atoms with Gasteiger partial charge in [0.2, 0.25) is 0 Å². The van der Waals surface area contributed by atoms with Crippen molar-refractivity contribution in [1.82, 2.24) is 0 Å². The zero-order valence-corrected chi connectivity index (χ0v) is 18.6. The lowest BCUT2D eigenvalue weighted by Crippen LogP contribution is -2.13. The highest BCUT2D eigenvalue weighted by molar-refractivity contribution is 9.10. The van der Waals surface area contributed by atoms with Gasteiger partial charge in [0, 0.05) is 27.9 Å². The normalized spacial score (nSPS) is 10.8. The Morgan fingerprint density at radius 1 is 1.16 bits per heavy atom. The minimum atomic E-state index is -0.530. The van der Waals surface area contributed by atoms with Gasteiger partial charge in [0.25, 0.3) is 11.6 Å². The monoisotopic (exact) mass is 491 g/mol. The number of nitro benzene ring substituents is 1. The highest BCUT2D eigenvalue weighted by atomic mass is 79.9. The lowest BCUT2D eigenvalue weighted by atomic mass is 10.1. The first kappa shape index (κ1) is 22.7. The van der Waals surface area contributed by atoms with Crippen LogP contribution in [0.25, 0.3) is 6.08 Å². The molecule has 1 amide bonds. The van der Waals surface area contributed by atoms with E-state index in [0.29, 0.717) is 17.0 Å². The lowest BCUT2D eigenvalue weighted by molar-refractivity contribution is -0.384. The number of nitrogens with zero attached hydrogens (tertiary/aromatic N) is 2. The summed E-state index contributed by atoms with van der Waals surface area (Å²) in [5.74, 6) is -0.0694. The van der Waals surface area contributed by atoms with Gasteiger partial charge in [-0.05, 0) is 61.0 Å². The molecule has 160 valence electrons. The number of nitrogens with one attached hydrogen (secondary N) is 1. The number of carbonyl (C=O) groups excluding carboxylic acids is 1. The number of hydrogen-bond acceptors (Lipinski definition) is 5. The number of hydrogen-bond donors (Lipinski definition) is 1. The topological polar surface area (TPSA) is 105 Å². The van der Waals surface area contributed by atoms with E-state index in [1.165, 1.54) is 18.2 Å². The number of aryl methyl sites for hydroxylation is 1. The van der Waals surface area contributed by atoms with Gasteiger partial charge in [0.15, 0.2) is 0 Å². The van der Waals surface area contributed by atoms with Crippen LogP contribution >= 0.6 is 15.9 Å². The van der Waals surface area contributed by atoms with Crippen LogP contribution < -0.4 is 10.1 Å². The number of ether oxygens (including phenoxy) is 1. The summed E-state index contributed by atoms with van der Waals surface area (Å²) in [4.78, 5) is 22.9. The number of non-ortho nitro benzene ring substituents is 1. The Labute approximate surface area is 193 Å². The predicted molar refractivity (Wildman–Crippen MR) is 125 cm³/mol. The number of carbonyl (C=O) groups is 1. The van der Waals surface area contributed by atoms with Gasteiger partial charge < -0.3 is 10.1 Å². The van der Waals surface area contributed by atoms with Gasteiger partial charge in [-0.3, -0.25) is 14.9 Å². The van der Waals surface area contributed by atoms with Crippen molar-refractivity contribution >= 4 is 39.3 Å². The van der Waals surface area contributed by atoms with Crippen molar-refractivity contribution < 1.29 is 14.5 Å². The summed E-state index contributed by atoms with van der Waals surface area (Å²) in [5.41, 5.74) is 2.85. The first-order chi connectivity index (χ1) is 15.4. The molecule has 3 rings (SSSR count). The number of anilines is 1. The summed E-state index contributed by atoms with van der Waals surface area (Å²) in [6.07, 6.45) is 1.46. The Bertz CT molecular complexity index is 1210. The van der Waals surface area contributed by atoms with Crippen LogP contribution in [0.2, 0.25) is 0 Å². The lowest BCUT2D eigenvalue weighted by Gasteiger charge is -2.11. The molecule has 0 aliphatic carbocycles. The van der Waals surface area contributed by atoms with E-state index >= 15 is 0 Å². The van der Waals surface area contributed by atoms with E-state index in [9.17, 15) is 20.2 Å². The van der Waals surface area contributed by atoms with Crippen molar-refractivity contribution in [1.29, 1.82) is 5.26 Å². The van der Waals surface area contributed by atoms with Crippen LogP contribution in [-0.2, 0) is 11.4 Å². The maximum atomic E-state index is 12.6. The summed E-state index contributed by atoms with van der Waals surface area (Å²) >= 11 is 3.39. The van der Waals surface area contributed by atoms with E-state index in [4.69, 9.17) is 4.74 Å². The summed E-state index contributed by atoms with van der Waals surface area (Å²) in [6.45, 7) is 2.11. The number of amides is 1. The molecule has 7 nitrogen and oxygen atoms in total. The van der Waals surface area contributed by atoms with Crippen molar-refractivity contribution in [3.05, 3.63) is 104 Å². The summed E-state index contributed by atoms with van der Waals surface area (Å²) in [7, 11) is 0. The van der Waals surface area contributed by atoms with Crippen molar-refractivity contribution in [2.45, 2.75) is 13.5 Å². The molecule has 0 spiro atoms. The molecule has 0 saturated carbocycles. The predicted octanol–water partition coefficient (Wildman–Crippen LogP) is 5.79. The van der Waals surface area contributed by atoms with Crippen LogP contribution in [0, 0.1) is 28.4 Å². The fourth-order valence-electron chi connectivity index (χ4n) is 2.78. The van der Waals surface area contributed by atoms with Gasteiger partial charge in [0.05, 0.1) is 4.92 Å². The van der Waals surface area contributed by atoms with Crippen molar-refractivity contribution in [2.75, 3.05) is 5.32 Å². The summed E-state index contributed by atoms with van der Waals surface area (Å²) in [5, 5.41) is 23.0. The molecule has 0 unspecified atom stereocenters. The van der Waals surface area contributed by atoms with Gasteiger partial charge in [-0.2, -0.15) is 5.26 Å². The number of nitro groups is 1. The Balaban J connectivity index is 1.79. The molecule has 0 aromatic heterocycles. The zero-order valence-electron chi connectivity index (χ0n) is 17.0. The average Bonchev–Trinajstić information content (AvgIpc) is 2.78. The molecule has 32 heavy (non-hydrogen) atoms. The number of nitriles is 1. The molecule has 0 heterocycles. The second-order valence-corrected chi connectivity index (χ2v) is 7.80. The van der Waals surface area contributed by atoms with Gasteiger partial charge >= 0.3 is 0 Å². The quantitative estimate of drug-likeness (QED) is 0.195. The maximum absolute atomic E-state index is 12.6. The van der Waals surface area contributed by atoms with Gasteiger partial charge in [-0.1, -0.05) is 33.6 Å². The fraction of sp³-hybridized carbons (Fsp3) is 0.0833. The Morgan fingerprint density at radius 2 is 1.84 bits per heavy atom. The van der Waals surface area contributed by atoms with Crippen LogP contribution in [0.4, 0.5) is 11.4 Å². The minimum absolute atomic E-state index is 0.000680. The fourth-order valence-corrected chi connectivity index (χ4v) is 3.16. The molecule has 0 bridgehead atoms. The molecule has 3 aromatic rings. The molecular weight excluding hydrogens is 474 g/mol. The van der Waals surface area contributed by atoms with Crippen LogP contribution in [0.5, 0.6) is 5.75 Å². The maximum Gasteiger partial charge on any atom is 0.269 e. The molecule has 8 heteroatoms. The Morgan fingerprint density at radius 3 is 2.47 bits per heavy atom. The van der Waals surface area contributed by atoms with Crippen LogP contribution in [0.1, 0.15) is 16.7 Å². The summed E-state index contributed by atoms with van der Waals surface area (Å²) in [6, 6.07) is 20.5. The molecule has 0 radical (unpaired) electrons. The largest absolute Gasteiger partial charge is 0.488 e. The van der Waals surface area contributed by atoms with Crippen LogP contribution in [0.15, 0.2) is 76.8 Å². The second-order valence-electron chi connectivity index (χ2n) is 6.88. The molecule has 0 saturated heterocycles. The molecule has 0 aliphatic heterocycles. The third-order valence-electron chi connectivity index (χ3n) is 4.49. The minimum Gasteiger partial charge on any atom is -0.488 e. The van der Waals surface area contributed by atoms with Crippen molar-refractivity contribution in [3.8, 4) is 11.8 Å². The first-order valence-electron chi connectivity index (χ1n) is 9.51. The molecule has 0 atom stereocenters. The van der Waals surface area contributed by atoms with Crippen LogP contribution in [0.3, 0.4) is 0 Å². The Kier molecular flexibility index (Phi) is 7.37. The number of rotatable bonds is 7. The Hall–Kier alpha value is -3.96. The smallest absolute Gasteiger partial charge is 0.269 e. The van der Waals surface area contributed by atoms with E-state index in [1.807, 2.05) is 25.1 Å². The van der Waals surface area contributed by atoms with Crippen LogP contribution in [-0.4, -0.2) is 10.8 Å². The third kappa shape index (κ3) is 6.03. The zero-order chi connectivity index (χ0) is 23.1. The second kappa shape index (κ2) is 10.4. The van der Waals surface area contributed by atoms with Crippen molar-refractivity contribution in [2.24, 2.45) is 0 Å². The molecule has 0 aliphatic rings. The SMILES string of the molecule is Cc1ccc(NC(=O)/C(C#N)=C/c2cc(Br)ccc2OCc2ccc([N+](=O)[O-])cc2)cc1. The van der Waals surface area contributed by atoms with E-state index in [2.05, 4.69) is 21.2 Å². The van der Waals surface area contributed by atoms with Crippen molar-refractivity contribution in [3.63, 3.8) is 0 Å². The molecule has 1 N–H and O–H groups in total. The van der Waals surface area contributed by atoms with Gasteiger partial charge in [-0.25, -0.2) is 0 Å². The molecular formula is C24H18BrN3O4. The van der Waals surface area contributed by atoms with Gasteiger partial charge in [-0.15, -0.1) is 0 Å². The highest BCUT2D eigenvalue weighted by Crippen LogP contribution is 2.27. The average molecular weight is 492 g/mol. The summed E-state index contributed by atoms with van der Waals surface area (Å²) < 4.78 is 6.61. The van der Waals surface area contributed by atoms with E-state index < -0.39 is 10.8 Å². The standard InChI is InChI=1S/C24H18BrN3O4/c1-16-2-7-21(8-3-16)27-24(29)19(14-26)12-18-13-20(25)6-11-23(18)32-15-17-4-9-22(10-5-17)28(30)31/h2-13H,15H2,1H3,(H,27,29)/b19-12+. The highest BCUT2D eigenvalue weighted by Gasteiger charge is 2.12. The number of benzene rings is 3. The van der Waals surface area contributed by atoms with Gasteiger partial charge in [0.1, 0.15) is 24.0 Å². The number of halogens is 1. The van der Waals surface area contributed by atoms with E-state index in [0.717, 1.165) is 15.6 Å². The molecule has 0 fully saturated rings. The molecule has 3 aromatic carbocycles. The first-order valence-corrected chi connectivity index (χ1v) is 10.3. The van der Waals surface area contributed by atoms with E-state index in [-0.39, 0.29) is 17.9 Å².